The number of rotatable bonds is 1. The maximum absolute atomic E-state index is 8.43. The van der Waals surface area contributed by atoms with Crippen molar-refractivity contribution >= 4 is 11.3 Å². The summed E-state index contributed by atoms with van der Waals surface area (Å²) < 4.78 is 0. The summed E-state index contributed by atoms with van der Waals surface area (Å²) in [7, 11) is 0. The van der Waals surface area contributed by atoms with Crippen LogP contribution in [0.25, 0.3) is 0 Å². The van der Waals surface area contributed by atoms with Gasteiger partial charge in [-0.2, -0.15) is 5.26 Å². The van der Waals surface area contributed by atoms with E-state index >= 15 is 0 Å². The molecule has 1 atom stereocenters. The number of nitriles is 1. The first-order valence-electron chi connectivity index (χ1n) is 2.95. The van der Waals surface area contributed by atoms with Gasteiger partial charge < -0.3 is 5.73 Å². The van der Waals surface area contributed by atoms with E-state index < -0.39 is 6.04 Å². The highest BCUT2D eigenvalue weighted by atomic mass is 32.1. The van der Waals surface area contributed by atoms with Crippen molar-refractivity contribution in [3.05, 3.63) is 21.9 Å². The van der Waals surface area contributed by atoms with E-state index in [-0.39, 0.29) is 0 Å². The zero-order valence-electron chi connectivity index (χ0n) is 5.66. The quantitative estimate of drug-likeness (QED) is 0.664. The van der Waals surface area contributed by atoms with E-state index in [1.165, 1.54) is 4.88 Å². The van der Waals surface area contributed by atoms with E-state index in [4.69, 9.17) is 11.0 Å². The Morgan fingerprint density at radius 3 is 2.80 bits per heavy atom. The average molecular weight is 152 g/mol. The zero-order chi connectivity index (χ0) is 7.56. The SMILES string of the molecule is Cc1ccc([C@H](N)C#N)s1. The first-order valence-corrected chi connectivity index (χ1v) is 3.77. The van der Waals surface area contributed by atoms with Crippen molar-refractivity contribution in [1.29, 1.82) is 5.26 Å². The molecule has 0 radical (unpaired) electrons. The fourth-order valence-electron chi connectivity index (χ4n) is 0.684. The number of hydrogen-bond donors (Lipinski definition) is 1. The highest BCUT2D eigenvalue weighted by molar-refractivity contribution is 7.12. The van der Waals surface area contributed by atoms with Crippen LogP contribution in [0.15, 0.2) is 12.1 Å². The van der Waals surface area contributed by atoms with Gasteiger partial charge in [0.1, 0.15) is 6.04 Å². The molecule has 0 unspecified atom stereocenters. The molecule has 2 nitrogen and oxygen atoms in total. The molecule has 0 fully saturated rings. The molecule has 3 heteroatoms. The number of nitrogens with zero attached hydrogens (tertiary/aromatic N) is 1. The lowest BCUT2D eigenvalue weighted by molar-refractivity contribution is 0.951. The van der Waals surface area contributed by atoms with Crippen LogP contribution < -0.4 is 5.73 Å². The van der Waals surface area contributed by atoms with Gasteiger partial charge in [-0.05, 0) is 19.1 Å². The Hall–Kier alpha value is -0.850. The summed E-state index contributed by atoms with van der Waals surface area (Å²) in [5.41, 5.74) is 5.46. The first kappa shape index (κ1) is 7.26. The monoisotopic (exact) mass is 152 g/mol. The van der Waals surface area contributed by atoms with Gasteiger partial charge in [-0.15, -0.1) is 11.3 Å². The highest BCUT2D eigenvalue weighted by Gasteiger charge is 2.04. The van der Waals surface area contributed by atoms with E-state index in [2.05, 4.69) is 0 Å². The molecule has 1 aromatic rings. The lowest BCUT2D eigenvalue weighted by Crippen LogP contribution is -2.04. The molecule has 0 saturated heterocycles. The van der Waals surface area contributed by atoms with Gasteiger partial charge in [0, 0.05) is 9.75 Å². The molecule has 0 spiro atoms. The molecule has 0 aliphatic heterocycles. The molecule has 2 N–H and O–H groups in total. The van der Waals surface area contributed by atoms with Crippen LogP contribution in [0.1, 0.15) is 15.8 Å². The van der Waals surface area contributed by atoms with Crippen molar-refractivity contribution in [1.82, 2.24) is 0 Å². The van der Waals surface area contributed by atoms with Crippen LogP contribution in [0.5, 0.6) is 0 Å². The van der Waals surface area contributed by atoms with Gasteiger partial charge in [0.05, 0.1) is 6.07 Å². The standard InChI is InChI=1S/C7H8N2S/c1-5-2-3-7(10-5)6(9)4-8/h2-3,6H,9H2,1H3/t6-/m1/s1. The molecule has 0 amide bonds. The Balaban J connectivity index is 2.87. The minimum atomic E-state index is -0.446. The summed E-state index contributed by atoms with van der Waals surface area (Å²) in [6, 6.07) is 5.40. The second-order valence-electron chi connectivity index (χ2n) is 2.06. The number of aryl methyl sites for hydroxylation is 1. The van der Waals surface area contributed by atoms with Crippen LogP contribution in [0.3, 0.4) is 0 Å². The van der Waals surface area contributed by atoms with Gasteiger partial charge in [-0.25, -0.2) is 0 Å². The van der Waals surface area contributed by atoms with Crippen molar-refractivity contribution in [3.63, 3.8) is 0 Å². The summed E-state index contributed by atoms with van der Waals surface area (Å²) in [6.07, 6.45) is 0. The molecule has 1 heterocycles. The van der Waals surface area contributed by atoms with Gasteiger partial charge in [-0.1, -0.05) is 0 Å². The third-order valence-corrected chi connectivity index (χ3v) is 2.29. The van der Waals surface area contributed by atoms with Crippen LogP contribution in [-0.4, -0.2) is 0 Å². The van der Waals surface area contributed by atoms with Crippen molar-refractivity contribution in [2.75, 3.05) is 0 Å². The van der Waals surface area contributed by atoms with Crippen LogP contribution in [0, 0.1) is 18.3 Å². The molecular formula is C7H8N2S. The normalized spacial score (nSPS) is 12.5. The van der Waals surface area contributed by atoms with Crippen LogP contribution in [0.4, 0.5) is 0 Å². The molecule has 52 valence electrons. The van der Waals surface area contributed by atoms with Gasteiger partial charge in [-0.3, -0.25) is 0 Å². The third kappa shape index (κ3) is 1.35. The van der Waals surface area contributed by atoms with Gasteiger partial charge in [0.2, 0.25) is 0 Å². The van der Waals surface area contributed by atoms with E-state index in [1.807, 2.05) is 25.1 Å². The highest BCUT2D eigenvalue weighted by Crippen LogP contribution is 2.19. The maximum atomic E-state index is 8.43. The number of thiophene rings is 1. The maximum Gasteiger partial charge on any atom is 0.128 e. The van der Waals surface area contributed by atoms with Crippen molar-refractivity contribution in [2.24, 2.45) is 5.73 Å². The van der Waals surface area contributed by atoms with E-state index in [1.54, 1.807) is 11.3 Å². The third-order valence-electron chi connectivity index (χ3n) is 1.21. The smallest absolute Gasteiger partial charge is 0.128 e. The largest absolute Gasteiger partial charge is 0.312 e. The summed E-state index contributed by atoms with van der Waals surface area (Å²) in [6.45, 7) is 2.00. The van der Waals surface area contributed by atoms with Crippen molar-refractivity contribution in [3.8, 4) is 6.07 Å². The Morgan fingerprint density at radius 1 is 1.70 bits per heavy atom. The molecule has 0 aliphatic carbocycles. The Morgan fingerprint density at radius 2 is 2.40 bits per heavy atom. The molecule has 10 heavy (non-hydrogen) atoms. The second kappa shape index (κ2) is 2.82. The molecular weight excluding hydrogens is 144 g/mol. The van der Waals surface area contributed by atoms with Gasteiger partial charge >= 0.3 is 0 Å². The Bertz CT molecular complexity index is 259. The van der Waals surface area contributed by atoms with Crippen LogP contribution >= 0.6 is 11.3 Å². The minimum absolute atomic E-state index is 0.446. The lowest BCUT2D eigenvalue weighted by atomic mass is 10.3. The average Bonchev–Trinajstić information content (AvgIpc) is 2.34. The second-order valence-corrected chi connectivity index (χ2v) is 3.37. The Labute approximate surface area is 63.9 Å². The van der Waals surface area contributed by atoms with Crippen molar-refractivity contribution in [2.45, 2.75) is 13.0 Å². The van der Waals surface area contributed by atoms with Gasteiger partial charge in [0.25, 0.3) is 0 Å². The molecule has 1 rings (SSSR count). The molecule has 0 aliphatic rings. The fraction of sp³-hybridized carbons (Fsp3) is 0.286. The van der Waals surface area contributed by atoms with Crippen molar-refractivity contribution < 1.29 is 0 Å². The molecule has 1 aromatic heterocycles. The van der Waals surface area contributed by atoms with E-state index in [0.29, 0.717) is 0 Å². The van der Waals surface area contributed by atoms with Crippen LogP contribution in [-0.2, 0) is 0 Å². The molecule has 0 aromatic carbocycles. The summed E-state index contributed by atoms with van der Waals surface area (Å²) in [4.78, 5) is 2.14. The molecule has 0 saturated carbocycles. The van der Waals surface area contributed by atoms with Crippen LogP contribution in [0.2, 0.25) is 0 Å². The lowest BCUT2D eigenvalue weighted by Gasteiger charge is -1.93. The molecule has 0 bridgehead atoms. The number of nitrogens with two attached hydrogens (primary N) is 1. The van der Waals surface area contributed by atoms with E-state index in [0.717, 1.165) is 4.88 Å². The first-order chi connectivity index (χ1) is 4.74. The summed E-state index contributed by atoms with van der Waals surface area (Å²) in [5, 5.41) is 8.43. The van der Waals surface area contributed by atoms with E-state index in [9.17, 15) is 0 Å². The minimum Gasteiger partial charge on any atom is -0.312 e. The fourth-order valence-corrected chi connectivity index (χ4v) is 1.51. The summed E-state index contributed by atoms with van der Waals surface area (Å²) >= 11 is 1.57. The van der Waals surface area contributed by atoms with Gasteiger partial charge in [0.15, 0.2) is 0 Å². The Kier molecular flexibility index (Phi) is 2.05. The predicted molar refractivity (Wildman–Crippen MR) is 41.6 cm³/mol. The zero-order valence-corrected chi connectivity index (χ0v) is 6.48. The predicted octanol–water partition coefficient (Wildman–Crippen LogP) is 1.58. The number of hydrogen-bond acceptors (Lipinski definition) is 3. The topological polar surface area (TPSA) is 49.8 Å². The summed E-state index contributed by atoms with van der Waals surface area (Å²) in [5.74, 6) is 0.